The molecule has 5 heteroatoms. The van der Waals surface area contributed by atoms with E-state index in [1.807, 2.05) is 14.0 Å². The lowest BCUT2D eigenvalue weighted by Crippen LogP contribution is -2.40. The molecule has 1 heterocycles. The van der Waals surface area contributed by atoms with Crippen molar-refractivity contribution in [3.63, 3.8) is 0 Å². The van der Waals surface area contributed by atoms with Gasteiger partial charge in [0.1, 0.15) is 0 Å². The van der Waals surface area contributed by atoms with Crippen LogP contribution in [0.1, 0.15) is 25.3 Å². The highest BCUT2D eigenvalue weighted by Gasteiger charge is 2.24. The molecule has 1 fully saturated rings. The van der Waals surface area contributed by atoms with E-state index in [2.05, 4.69) is 45.5 Å². The molecule has 23 heavy (non-hydrogen) atoms. The van der Waals surface area contributed by atoms with Crippen molar-refractivity contribution in [1.29, 1.82) is 0 Å². The first-order chi connectivity index (χ1) is 10.8. The average molecular weight is 431 g/mol. The topological polar surface area (TPSA) is 36.9 Å². The van der Waals surface area contributed by atoms with E-state index in [1.165, 1.54) is 18.4 Å². The van der Waals surface area contributed by atoms with Crippen LogP contribution in [0.2, 0.25) is 0 Å². The normalized spacial score (nSPS) is 17.9. The second-order valence-corrected chi connectivity index (χ2v) is 5.81. The zero-order chi connectivity index (χ0) is 15.6. The molecule has 1 aliphatic heterocycles. The van der Waals surface area contributed by atoms with Crippen molar-refractivity contribution in [3.05, 3.63) is 35.9 Å². The van der Waals surface area contributed by atoms with Crippen LogP contribution in [-0.2, 0) is 11.2 Å². The van der Waals surface area contributed by atoms with Gasteiger partial charge in [-0.2, -0.15) is 0 Å². The Morgan fingerprint density at radius 1 is 1.35 bits per heavy atom. The fourth-order valence-electron chi connectivity index (χ4n) is 2.99. The Morgan fingerprint density at radius 2 is 2.13 bits per heavy atom. The average Bonchev–Trinajstić information content (AvgIpc) is 3.00. The van der Waals surface area contributed by atoms with Gasteiger partial charge < -0.3 is 15.0 Å². The maximum absolute atomic E-state index is 5.36. The first-order valence-electron chi connectivity index (χ1n) is 8.40. The molecule has 0 amide bonds. The van der Waals surface area contributed by atoms with Gasteiger partial charge in [0.25, 0.3) is 0 Å². The minimum absolute atomic E-state index is 0. The molecule has 1 unspecified atom stereocenters. The number of ether oxygens (including phenoxy) is 1. The Labute approximate surface area is 157 Å². The van der Waals surface area contributed by atoms with E-state index < -0.39 is 0 Å². The number of hydrogen-bond acceptors (Lipinski definition) is 2. The number of likely N-dealkylation sites (tertiary alicyclic amines) is 1. The van der Waals surface area contributed by atoms with Crippen LogP contribution < -0.4 is 5.32 Å². The maximum Gasteiger partial charge on any atom is 0.193 e. The zero-order valence-electron chi connectivity index (χ0n) is 14.3. The van der Waals surface area contributed by atoms with Gasteiger partial charge in [0.05, 0.1) is 0 Å². The lowest BCUT2D eigenvalue weighted by molar-refractivity contribution is 0.145. The highest BCUT2D eigenvalue weighted by atomic mass is 127. The molecule has 130 valence electrons. The molecule has 0 spiro atoms. The molecular weight excluding hydrogens is 401 g/mol. The third kappa shape index (κ3) is 7.08. The van der Waals surface area contributed by atoms with Crippen LogP contribution in [0.25, 0.3) is 0 Å². The molecule has 1 saturated heterocycles. The molecular formula is C18H30IN3O. The van der Waals surface area contributed by atoms with E-state index in [0.29, 0.717) is 0 Å². The van der Waals surface area contributed by atoms with Gasteiger partial charge in [0.2, 0.25) is 0 Å². The van der Waals surface area contributed by atoms with E-state index in [9.17, 15) is 0 Å². The standard InChI is InChI=1S/C18H29N3O.HI/c1-3-22-13-7-11-20-18(19-2)21-12-10-17(15-21)14-16-8-5-4-6-9-16;/h4-6,8-9,17H,3,7,10-15H2,1-2H3,(H,19,20);1H. The molecule has 0 aliphatic carbocycles. The SMILES string of the molecule is CCOCCCNC(=NC)N1CCC(Cc2ccccc2)C1.I. The van der Waals surface area contributed by atoms with E-state index in [0.717, 1.165) is 51.1 Å². The minimum Gasteiger partial charge on any atom is -0.382 e. The Kier molecular flexibility index (Phi) is 10.3. The quantitative estimate of drug-likeness (QED) is 0.312. The van der Waals surface area contributed by atoms with Crippen molar-refractivity contribution < 1.29 is 4.74 Å². The summed E-state index contributed by atoms with van der Waals surface area (Å²) in [6.45, 7) is 6.76. The second-order valence-electron chi connectivity index (χ2n) is 5.81. The molecule has 2 rings (SSSR count). The highest BCUT2D eigenvalue weighted by Crippen LogP contribution is 2.20. The predicted octanol–water partition coefficient (Wildman–Crippen LogP) is 3.17. The Morgan fingerprint density at radius 3 is 2.83 bits per heavy atom. The Hall–Kier alpha value is -0.820. The lowest BCUT2D eigenvalue weighted by atomic mass is 9.99. The van der Waals surface area contributed by atoms with Gasteiger partial charge in [-0.3, -0.25) is 4.99 Å². The summed E-state index contributed by atoms with van der Waals surface area (Å²) in [5.41, 5.74) is 1.44. The summed E-state index contributed by atoms with van der Waals surface area (Å²) in [5, 5.41) is 3.45. The van der Waals surface area contributed by atoms with Crippen LogP contribution >= 0.6 is 24.0 Å². The molecule has 1 aliphatic rings. The zero-order valence-corrected chi connectivity index (χ0v) is 16.7. The molecule has 0 saturated carbocycles. The summed E-state index contributed by atoms with van der Waals surface area (Å²) in [4.78, 5) is 6.80. The lowest BCUT2D eigenvalue weighted by Gasteiger charge is -2.21. The molecule has 1 atom stereocenters. The molecule has 1 N–H and O–H groups in total. The predicted molar refractivity (Wildman–Crippen MR) is 108 cm³/mol. The Balaban J connectivity index is 0.00000264. The largest absolute Gasteiger partial charge is 0.382 e. The molecule has 0 aromatic heterocycles. The fourth-order valence-corrected chi connectivity index (χ4v) is 2.99. The van der Waals surface area contributed by atoms with Crippen LogP contribution in [0.5, 0.6) is 0 Å². The summed E-state index contributed by atoms with van der Waals surface area (Å²) >= 11 is 0. The minimum atomic E-state index is 0. The monoisotopic (exact) mass is 431 g/mol. The van der Waals surface area contributed by atoms with E-state index in [4.69, 9.17) is 4.74 Å². The third-order valence-corrected chi connectivity index (χ3v) is 4.12. The van der Waals surface area contributed by atoms with Gasteiger partial charge in [0.15, 0.2) is 5.96 Å². The first kappa shape index (κ1) is 20.2. The van der Waals surface area contributed by atoms with Crippen molar-refractivity contribution in [1.82, 2.24) is 10.2 Å². The van der Waals surface area contributed by atoms with Gasteiger partial charge in [-0.15, -0.1) is 24.0 Å². The van der Waals surface area contributed by atoms with Crippen LogP contribution in [-0.4, -0.2) is 50.8 Å². The number of hydrogen-bond donors (Lipinski definition) is 1. The van der Waals surface area contributed by atoms with Crippen LogP contribution in [0, 0.1) is 5.92 Å². The molecule has 1 aromatic rings. The smallest absolute Gasteiger partial charge is 0.193 e. The number of rotatable bonds is 7. The number of aliphatic imine (C=N–C) groups is 1. The van der Waals surface area contributed by atoms with E-state index in [1.54, 1.807) is 0 Å². The van der Waals surface area contributed by atoms with Crippen LogP contribution in [0.3, 0.4) is 0 Å². The van der Waals surface area contributed by atoms with Crippen molar-refractivity contribution in [3.8, 4) is 0 Å². The van der Waals surface area contributed by atoms with E-state index >= 15 is 0 Å². The van der Waals surface area contributed by atoms with Gasteiger partial charge in [-0.25, -0.2) is 0 Å². The second kappa shape index (κ2) is 11.7. The summed E-state index contributed by atoms with van der Waals surface area (Å²) in [5.74, 6) is 1.76. The molecule has 1 aromatic carbocycles. The van der Waals surface area contributed by atoms with Gasteiger partial charge in [0, 0.05) is 39.9 Å². The van der Waals surface area contributed by atoms with Gasteiger partial charge >= 0.3 is 0 Å². The van der Waals surface area contributed by atoms with Crippen molar-refractivity contribution >= 4 is 29.9 Å². The van der Waals surface area contributed by atoms with Crippen LogP contribution in [0.15, 0.2) is 35.3 Å². The first-order valence-corrected chi connectivity index (χ1v) is 8.40. The maximum atomic E-state index is 5.36. The number of guanidine groups is 1. The molecule has 0 bridgehead atoms. The van der Waals surface area contributed by atoms with Gasteiger partial charge in [-0.05, 0) is 37.7 Å². The highest BCUT2D eigenvalue weighted by molar-refractivity contribution is 14.0. The fraction of sp³-hybridized carbons (Fsp3) is 0.611. The van der Waals surface area contributed by atoms with Crippen molar-refractivity contribution in [2.45, 2.75) is 26.2 Å². The molecule has 0 radical (unpaired) electrons. The van der Waals surface area contributed by atoms with Crippen molar-refractivity contribution in [2.24, 2.45) is 10.9 Å². The van der Waals surface area contributed by atoms with Crippen molar-refractivity contribution in [2.75, 3.05) is 39.9 Å². The number of halogens is 1. The third-order valence-electron chi connectivity index (χ3n) is 4.12. The number of nitrogens with zero attached hydrogens (tertiary/aromatic N) is 2. The van der Waals surface area contributed by atoms with Crippen LogP contribution in [0.4, 0.5) is 0 Å². The van der Waals surface area contributed by atoms with E-state index in [-0.39, 0.29) is 24.0 Å². The Bertz CT molecular complexity index is 453. The summed E-state index contributed by atoms with van der Waals surface area (Å²) in [6, 6.07) is 10.8. The summed E-state index contributed by atoms with van der Waals surface area (Å²) < 4.78 is 5.36. The van der Waals surface area contributed by atoms with Gasteiger partial charge in [-0.1, -0.05) is 30.3 Å². The number of benzene rings is 1. The molecule has 4 nitrogen and oxygen atoms in total. The summed E-state index contributed by atoms with van der Waals surface area (Å²) in [6.07, 6.45) is 3.43. The number of nitrogens with one attached hydrogen (secondary N) is 1. The summed E-state index contributed by atoms with van der Waals surface area (Å²) in [7, 11) is 1.87.